The Morgan fingerprint density at radius 3 is 2.10 bits per heavy atom. The minimum Gasteiger partial charge on any atom is -0.249 e. The molecule has 4 unspecified atom stereocenters. The SMILES string of the molecule is CCCC12c3cc4ccccc4cc3C3(CCC)C(c4nc5ccccc5nc41)C23. The molecule has 1 heterocycles. The van der Waals surface area contributed by atoms with Gasteiger partial charge in [0.05, 0.1) is 22.4 Å². The summed E-state index contributed by atoms with van der Waals surface area (Å²) in [6, 6.07) is 22.3. The number of aromatic nitrogens is 2. The topological polar surface area (TPSA) is 25.8 Å². The lowest BCUT2D eigenvalue weighted by Gasteiger charge is -2.30. The fourth-order valence-corrected chi connectivity index (χ4v) is 7.56. The summed E-state index contributed by atoms with van der Waals surface area (Å²) in [4.78, 5) is 10.6. The lowest BCUT2D eigenvalue weighted by atomic mass is 9.74. The molecular formula is C28H26N2. The van der Waals surface area contributed by atoms with Gasteiger partial charge in [0.25, 0.3) is 0 Å². The van der Waals surface area contributed by atoms with E-state index in [-0.39, 0.29) is 10.8 Å². The molecule has 2 heteroatoms. The Bertz CT molecular complexity index is 1360. The zero-order chi connectivity index (χ0) is 20.1. The van der Waals surface area contributed by atoms with Gasteiger partial charge in [-0.3, -0.25) is 0 Å². The summed E-state index contributed by atoms with van der Waals surface area (Å²) in [6.45, 7) is 4.68. The first-order valence-electron chi connectivity index (χ1n) is 11.6. The van der Waals surface area contributed by atoms with E-state index in [4.69, 9.17) is 9.97 Å². The summed E-state index contributed by atoms with van der Waals surface area (Å²) in [5.41, 5.74) is 8.17. The second-order valence-electron chi connectivity index (χ2n) is 9.66. The molecule has 0 radical (unpaired) electrons. The average Bonchev–Trinajstić information content (AvgIpc) is 3.30. The van der Waals surface area contributed by atoms with E-state index >= 15 is 0 Å². The number of fused-ring (bicyclic) bond motifs is 9. The molecule has 4 aromatic rings. The summed E-state index contributed by atoms with van der Waals surface area (Å²) in [5, 5.41) is 2.74. The molecule has 1 saturated carbocycles. The van der Waals surface area contributed by atoms with E-state index in [2.05, 4.69) is 74.5 Å². The van der Waals surface area contributed by atoms with E-state index in [1.165, 1.54) is 47.8 Å². The molecule has 148 valence electrons. The van der Waals surface area contributed by atoms with Crippen LogP contribution in [0.25, 0.3) is 21.8 Å². The van der Waals surface area contributed by atoms with Gasteiger partial charge >= 0.3 is 0 Å². The number of rotatable bonds is 4. The van der Waals surface area contributed by atoms with Crippen LogP contribution in [0, 0.1) is 5.92 Å². The lowest BCUT2D eigenvalue weighted by molar-refractivity contribution is 0.397. The molecule has 1 aromatic heterocycles. The zero-order valence-corrected chi connectivity index (χ0v) is 17.7. The normalized spacial score (nSPS) is 29.8. The number of nitrogens with zero attached hydrogens (tertiary/aromatic N) is 2. The molecule has 2 nitrogen and oxygen atoms in total. The smallest absolute Gasteiger partial charge is 0.0890 e. The average molecular weight is 391 g/mol. The van der Waals surface area contributed by atoms with Crippen LogP contribution in [0.2, 0.25) is 0 Å². The van der Waals surface area contributed by atoms with Crippen LogP contribution in [0.15, 0.2) is 60.7 Å². The first kappa shape index (κ1) is 17.0. The van der Waals surface area contributed by atoms with Crippen molar-refractivity contribution in [3.8, 4) is 0 Å². The van der Waals surface area contributed by atoms with Gasteiger partial charge in [-0.1, -0.05) is 69.2 Å². The quantitative estimate of drug-likeness (QED) is 0.390. The molecule has 1 fully saturated rings. The third kappa shape index (κ3) is 1.71. The van der Waals surface area contributed by atoms with Crippen molar-refractivity contribution in [2.24, 2.45) is 5.92 Å². The predicted molar refractivity (Wildman–Crippen MR) is 122 cm³/mol. The highest BCUT2D eigenvalue weighted by atomic mass is 15.0. The lowest BCUT2D eigenvalue weighted by Crippen LogP contribution is -2.29. The first-order chi connectivity index (χ1) is 14.8. The van der Waals surface area contributed by atoms with Gasteiger partial charge in [-0.05, 0) is 58.9 Å². The Hall–Kier alpha value is -2.74. The minimum absolute atomic E-state index is 0.0420. The van der Waals surface area contributed by atoms with Crippen LogP contribution in [0.5, 0.6) is 0 Å². The fraction of sp³-hybridized carbons (Fsp3) is 0.357. The summed E-state index contributed by atoms with van der Waals surface area (Å²) < 4.78 is 0. The summed E-state index contributed by atoms with van der Waals surface area (Å²) >= 11 is 0. The monoisotopic (exact) mass is 390 g/mol. The first-order valence-corrected chi connectivity index (χ1v) is 11.6. The van der Waals surface area contributed by atoms with Crippen LogP contribution in [0.3, 0.4) is 0 Å². The Morgan fingerprint density at radius 1 is 0.767 bits per heavy atom. The van der Waals surface area contributed by atoms with Crippen molar-refractivity contribution in [3.05, 3.63) is 83.2 Å². The molecule has 0 saturated heterocycles. The molecule has 0 amide bonds. The third-order valence-corrected chi connectivity index (χ3v) is 8.36. The fourth-order valence-electron chi connectivity index (χ4n) is 7.56. The van der Waals surface area contributed by atoms with Crippen molar-refractivity contribution in [2.45, 2.75) is 56.3 Å². The largest absolute Gasteiger partial charge is 0.249 e. The van der Waals surface area contributed by atoms with Crippen molar-refractivity contribution >= 4 is 21.8 Å². The van der Waals surface area contributed by atoms with Gasteiger partial charge < -0.3 is 0 Å². The van der Waals surface area contributed by atoms with Gasteiger partial charge in [-0.2, -0.15) is 0 Å². The van der Waals surface area contributed by atoms with Crippen molar-refractivity contribution < 1.29 is 0 Å². The zero-order valence-electron chi connectivity index (χ0n) is 17.7. The maximum absolute atomic E-state index is 5.31. The number of hydrogen-bond acceptors (Lipinski definition) is 2. The Morgan fingerprint density at radius 2 is 1.40 bits per heavy atom. The standard InChI is InChI=1S/C28H26N2/c1-3-13-27-19-15-17-9-5-6-10-18(17)16-20(19)28(14-4-2)25(27)23(27)24-26(28)30-22-12-8-7-11-21(22)29-24/h5-12,15-16,23,25H,3-4,13-14H2,1-2H3. The van der Waals surface area contributed by atoms with Gasteiger partial charge in [0.15, 0.2) is 0 Å². The van der Waals surface area contributed by atoms with Gasteiger partial charge in [0, 0.05) is 16.7 Å². The minimum atomic E-state index is 0.0420. The van der Waals surface area contributed by atoms with E-state index in [0.29, 0.717) is 11.8 Å². The molecule has 3 aliphatic carbocycles. The second kappa shape index (κ2) is 5.49. The third-order valence-electron chi connectivity index (χ3n) is 8.36. The van der Waals surface area contributed by atoms with Crippen molar-refractivity contribution in [2.75, 3.05) is 0 Å². The molecule has 4 atom stereocenters. The summed E-state index contributed by atoms with van der Waals surface area (Å²) in [7, 11) is 0. The molecule has 30 heavy (non-hydrogen) atoms. The van der Waals surface area contributed by atoms with Crippen LogP contribution in [0.1, 0.15) is 68.0 Å². The van der Waals surface area contributed by atoms with Crippen LogP contribution >= 0.6 is 0 Å². The molecule has 0 bridgehead atoms. The highest BCUT2D eigenvalue weighted by molar-refractivity contribution is 5.88. The molecule has 7 rings (SSSR count). The second-order valence-corrected chi connectivity index (χ2v) is 9.66. The van der Waals surface area contributed by atoms with E-state index in [1.54, 1.807) is 11.1 Å². The van der Waals surface area contributed by atoms with Crippen LogP contribution in [0.4, 0.5) is 0 Å². The molecule has 0 N–H and O–H groups in total. The number of para-hydroxylation sites is 2. The van der Waals surface area contributed by atoms with Crippen LogP contribution < -0.4 is 0 Å². The van der Waals surface area contributed by atoms with Crippen molar-refractivity contribution in [1.82, 2.24) is 9.97 Å². The maximum atomic E-state index is 5.31. The number of benzene rings is 3. The molecule has 0 aliphatic heterocycles. The van der Waals surface area contributed by atoms with E-state index in [0.717, 1.165) is 11.0 Å². The van der Waals surface area contributed by atoms with Crippen molar-refractivity contribution in [1.29, 1.82) is 0 Å². The van der Waals surface area contributed by atoms with Crippen LogP contribution in [-0.4, -0.2) is 9.97 Å². The van der Waals surface area contributed by atoms with E-state index in [1.807, 2.05) is 0 Å². The molecule has 3 aliphatic rings. The maximum Gasteiger partial charge on any atom is 0.0890 e. The molecular weight excluding hydrogens is 364 g/mol. The molecule has 0 spiro atoms. The van der Waals surface area contributed by atoms with Gasteiger partial charge in [0.2, 0.25) is 0 Å². The summed E-state index contributed by atoms with van der Waals surface area (Å²) in [6.07, 6.45) is 4.82. The summed E-state index contributed by atoms with van der Waals surface area (Å²) in [5.74, 6) is 1.19. The van der Waals surface area contributed by atoms with Gasteiger partial charge in [-0.15, -0.1) is 0 Å². The Balaban J connectivity index is 1.60. The van der Waals surface area contributed by atoms with E-state index < -0.39 is 0 Å². The van der Waals surface area contributed by atoms with Gasteiger partial charge in [-0.25, -0.2) is 9.97 Å². The number of hydrogen-bond donors (Lipinski definition) is 0. The van der Waals surface area contributed by atoms with Gasteiger partial charge in [0.1, 0.15) is 0 Å². The predicted octanol–water partition coefficient (Wildman–Crippen LogP) is 6.65. The Labute approximate surface area is 177 Å². The van der Waals surface area contributed by atoms with Crippen molar-refractivity contribution in [3.63, 3.8) is 0 Å². The van der Waals surface area contributed by atoms with Crippen LogP contribution in [-0.2, 0) is 10.8 Å². The highest BCUT2D eigenvalue weighted by Gasteiger charge is 2.82. The molecule has 3 aromatic carbocycles. The Kier molecular flexibility index (Phi) is 3.11. The van der Waals surface area contributed by atoms with E-state index in [9.17, 15) is 0 Å². The highest BCUT2D eigenvalue weighted by Crippen LogP contribution is 2.85.